The standard InChI is InChI=1S/C17H19F3N2O5/c18-17(19,20)12-2-1-10(13(23)21-12)14(24)22-6-3-16(4-7-27-8-5-16)11(9-22)15(25)26/h1-2,11H,3-9H2,(H,21,23)(H,25,26). The van der Waals surface area contributed by atoms with E-state index in [1.54, 1.807) is 4.98 Å². The van der Waals surface area contributed by atoms with Crippen molar-refractivity contribution in [3.63, 3.8) is 0 Å². The summed E-state index contributed by atoms with van der Waals surface area (Å²) in [5.41, 5.74) is -3.29. The summed E-state index contributed by atoms with van der Waals surface area (Å²) in [5, 5.41) is 9.63. The molecule has 2 N–H and O–H groups in total. The summed E-state index contributed by atoms with van der Waals surface area (Å²) in [6.07, 6.45) is -3.13. The average Bonchev–Trinajstić information content (AvgIpc) is 2.61. The van der Waals surface area contributed by atoms with Crippen LogP contribution in [0.15, 0.2) is 16.9 Å². The van der Waals surface area contributed by atoms with E-state index < -0.39 is 46.2 Å². The molecule has 1 aromatic rings. The third-order valence-corrected chi connectivity index (χ3v) is 5.54. The highest BCUT2D eigenvalue weighted by molar-refractivity contribution is 5.94. The van der Waals surface area contributed by atoms with E-state index >= 15 is 0 Å². The van der Waals surface area contributed by atoms with Crippen LogP contribution in [0.5, 0.6) is 0 Å². The van der Waals surface area contributed by atoms with E-state index in [2.05, 4.69) is 0 Å². The largest absolute Gasteiger partial charge is 0.481 e. The summed E-state index contributed by atoms with van der Waals surface area (Å²) >= 11 is 0. The van der Waals surface area contributed by atoms with E-state index in [0.29, 0.717) is 38.5 Å². The summed E-state index contributed by atoms with van der Waals surface area (Å²) in [5.74, 6) is -2.61. The number of amides is 1. The highest BCUT2D eigenvalue weighted by Crippen LogP contribution is 2.45. The molecule has 27 heavy (non-hydrogen) atoms. The zero-order valence-corrected chi connectivity index (χ0v) is 14.3. The molecule has 1 spiro atoms. The fourth-order valence-corrected chi connectivity index (χ4v) is 3.92. The SMILES string of the molecule is O=C(O)C1CN(C(=O)c2ccc(C(F)(F)F)[nH]c2=O)CCC12CCOCC2. The van der Waals surface area contributed by atoms with E-state index in [1.165, 1.54) is 4.90 Å². The van der Waals surface area contributed by atoms with Crippen molar-refractivity contribution in [3.05, 3.63) is 33.7 Å². The van der Waals surface area contributed by atoms with Gasteiger partial charge in [0, 0.05) is 26.3 Å². The summed E-state index contributed by atoms with van der Waals surface area (Å²) in [7, 11) is 0. The van der Waals surface area contributed by atoms with Crippen molar-refractivity contribution in [2.45, 2.75) is 25.4 Å². The zero-order valence-electron chi connectivity index (χ0n) is 14.3. The average molecular weight is 388 g/mol. The Balaban J connectivity index is 1.82. The molecule has 3 rings (SSSR count). The number of carbonyl (C=O) groups excluding carboxylic acids is 1. The van der Waals surface area contributed by atoms with E-state index in [-0.39, 0.29) is 13.1 Å². The van der Waals surface area contributed by atoms with Gasteiger partial charge in [0.25, 0.3) is 11.5 Å². The van der Waals surface area contributed by atoms with Gasteiger partial charge < -0.3 is 19.7 Å². The van der Waals surface area contributed by atoms with Gasteiger partial charge in [-0.25, -0.2) is 0 Å². The lowest BCUT2D eigenvalue weighted by Gasteiger charge is -2.48. The first-order valence-electron chi connectivity index (χ1n) is 8.54. The molecule has 0 saturated carbocycles. The quantitative estimate of drug-likeness (QED) is 0.804. The van der Waals surface area contributed by atoms with Crippen LogP contribution in [-0.4, -0.2) is 53.2 Å². The van der Waals surface area contributed by atoms with Crippen molar-refractivity contribution in [2.24, 2.45) is 11.3 Å². The van der Waals surface area contributed by atoms with Crippen LogP contribution < -0.4 is 5.56 Å². The lowest BCUT2D eigenvalue weighted by Crippen LogP contribution is -2.54. The lowest BCUT2D eigenvalue weighted by molar-refractivity contribution is -0.154. The Kier molecular flexibility index (Phi) is 5.02. The minimum absolute atomic E-state index is 0.0887. The van der Waals surface area contributed by atoms with Crippen LogP contribution in [-0.2, 0) is 15.7 Å². The second-order valence-electron chi connectivity index (χ2n) is 6.98. The number of ether oxygens (including phenoxy) is 1. The molecule has 10 heteroatoms. The molecule has 0 aliphatic carbocycles. The molecule has 2 saturated heterocycles. The smallest absolute Gasteiger partial charge is 0.431 e. The molecule has 0 aromatic carbocycles. The molecule has 0 radical (unpaired) electrons. The predicted octanol–water partition coefficient (Wildman–Crippen LogP) is 1.74. The number of nitrogens with zero attached hydrogens (tertiary/aromatic N) is 1. The molecule has 2 aliphatic rings. The molecule has 1 atom stereocenters. The zero-order chi connectivity index (χ0) is 19.8. The summed E-state index contributed by atoms with van der Waals surface area (Å²) in [4.78, 5) is 39.3. The van der Waals surface area contributed by atoms with Crippen LogP contribution in [0.4, 0.5) is 13.2 Å². The Bertz CT molecular complexity index is 798. The number of aromatic amines is 1. The Morgan fingerprint density at radius 1 is 1.22 bits per heavy atom. The number of nitrogens with one attached hydrogen (secondary N) is 1. The number of aliphatic carboxylic acids is 1. The van der Waals surface area contributed by atoms with Gasteiger partial charge in [-0.1, -0.05) is 0 Å². The molecule has 0 bridgehead atoms. The lowest BCUT2D eigenvalue weighted by atomic mass is 9.65. The first-order chi connectivity index (χ1) is 12.6. The molecule has 7 nitrogen and oxygen atoms in total. The number of pyridine rings is 1. The number of piperidine rings is 1. The Morgan fingerprint density at radius 2 is 1.89 bits per heavy atom. The van der Waals surface area contributed by atoms with Gasteiger partial charge in [0.05, 0.1) is 5.92 Å². The van der Waals surface area contributed by atoms with Gasteiger partial charge in [-0.05, 0) is 36.8 Å². The third kappa shape index (κ3) is 3.71. The van der Waals surface area contributed by atoms with Crippen molar-refractivity contribution in [1.82, 2.24) is 9.88 Å². The number of alkyl halides is 3. The number of carboxylic acid groups (broad SMARTS) is 1. The topological polar surface area (TPSA) is 99.7 Å². The van der Waals surface area contributed by atoms with Gasteiger partial charge in [-0.2, -0.15) is 13.2 Å². The number of H-pyrrole nitrogens is 1. The number of aromatic nitrogens is 1. The number of carbonyl (C=O) groups is 2. The number of rotatable bonds is 2. The molecule has 1 amide bonds. The van der Waals surface area contributed by atoms with Crippen LogP contribution in [0, 0.1) is 11.3 Å². The molecule has 3 heterocycles. The molecule has 1 unspecified atom stereocenters. The second kappa shape index (κ2) is 6.99. The van der Waals surface area contributed by atoms with Gasteiger partial charge in [0.15, 0.2) is 0 Å². The van der Waals surface area contributed by atoms with Crippen LogP contribution >= 0.6 is 0 Å². The van der Waals surface area contributed by atoms with Crippen molar-refractivity contribution < 1.29 is 32.6 Å². The molecular weight excluding hydrogens is 369 g/mol. The Labute approximate surface area is 152 Å². The minimum atomic E-state index is -4.73. The monoisotopic (exact) mass is 388 g/mol. The maximum atomic E-state index is 12.7. The van der Waals surface area contributed by atoms with E-state index in [0.717, 1.165) is 6.07 Å². The van der Waals surface area contributed by atoms with E-state index in [4.69, 9.17) is 4.74 Å². The van der Waals surface area contributed by atoms with Crippen LogP contribution in [0.3, 0.4) is 0 Å². The normalized spacial score (nSPS) is 22.6. The molecular formula is C17H19F3N2O5. The van der Waals surface area contributed by atoms with Crippen LogP contribution in [0.25, 0.3) is 0 Å². The number of hydrogen-bond acceptors (Lipinski definition) is 4. The predicted molar refractivity (Wildman–Crippen MR) is 86.2 cm³/mol. The van der Waals surface area contributed by atoms with E-state index in [9.17, 15) is 32.7 Å². The Morgan fingerprint density at radius 3 is 2.44 bits per heavy atom. The van der Waals surface area contributed by atoms with Gasteiger partial charge in [0.1, 0.15) is 11.3 Å². The maximum absolute atomic E-state index is 12.7. The fourth-order valence-electron chi connectivity index (χ4n) is 3.92. The highest BCUT2D eigenvalue weighted by atomic mass is 19.4. The third-order valence-electron chi connectivity index (χ3n) is 5.54. The Hall–Kier alpha value is -2.36. The molecule has 2 aliphatic heterocycles. The van der Waals surface area contributed by atoms with Crippen LogP contribution in [0.2, 0.25) is 0 Å². The highest BCUT2D eigenvalue weighted by Gasteiger charge is 2.48. The first kappa shape index (κ1) is 19.4. The molecule has 1 aromatic heterocycles. The van der Waals surface area contributed by atoms with Gasteiger partial charge in [-0.3, -0.25) is 14.4 Å². The number of halogens is 3. The van der Waals surface area contributed by atoms with Gasteiger partial charge in [0.2, 0.25) is 0 Å². The minimum Gasteiger partial charge on any atom is -0.481 e. The number of likely N-dealkylation sites (tertiary alicyclic amines) is 1. The summed E-state index contributed by atoms with van der Waals surface area (Å²) in [6.45, 7) is 1.06. The van der Waals surface area contributed by atoms with Crippen molar-refractivity contribution in [1.29, 1.82) is 0 Å². The molecule has 2 fully saturated rings. The second-order valence-corrected chi connectivity index (χ2v) is 6.98. The fraction of sp³-hybridized carbons (Fsp3) is 0.588. The number of hydrogen-bond donors (Lipinski definition) is 2. The van der Waals surface area contributed by atoms with Crippen molar-refractivity contribution in [3.8, 4) is 0 Å². The maximum Gasteiger partial charge on any atom is 0.431 e. The van der Waals surface area contributed by atoms with Gasteiger partial charge in [-0.15, -0.1) is 0 Å². The van der Waals surface area contributed by atoms with Gasteiger partial charge >= 0.3 is 12.1 Å². The summed E-state index contributed by atoms with van der Waals surface area (Å²) < 4.78 is 43.3. The summed E-state index contributed by atoms with van der Waals surface area (Å²) in [6, 6.07) is 1.46. The first-order valence-corrected chi connectivity index (χ1v) is 8.54. The van der Waals surface area contributed by atoms with Crippen molar-refractivity contribution in [2.75, 3.05) is 26.3 Å². The van der Waals surface area contributed by atoms with Crippen molar-refractivity contribution >= 4 is 11.9 Å². The van der Waals surface area contributed by atoms with E-state index in [1.807, 2.05) is 0 Å². The van der Waals surface area contributed by atoms with Crippen LogP contribution in [0.1, 0.15) is 35.3 Å². The molecule has 148 valence electrons. The number of carboxylic acids is 1.